The highest BCUT2D eigenvalue weighted by Crippen LogP contribution is 2.15. The predicted octanol–water partition coefficient (Wildman–Crippen LogP) is 6.96. The van der Waals surface area contributed by atoms with Crippen LogP contribution in [0.1, 0.15) is 112 Å². The predicted molar refractivity (Wildman–Crippen MR) is 166 cm³/mol. The van der Waals surface area contributed by atoms with Gasteiger partial charge in [-0.15, -0.1) is 0 Å². The van der Waals surface area contributed by atoms with Gasteiger partial charge in [0.2, 0.25) is 0 Å². The topological polar surface area (TPSA) is 52.2 Å². The highest BCUT2D eigenvalue weighted by Gasteiger charge is 2.11. The summed E-state index contributed by atoms with van der Waals surface area (Å²) in [5.41, 5.74) is 0. The maximum absolute atomic E-state index is 5.30. The minimum Gasteiger partial charge on any atom is -0.381 e. The van der Waals surface area contributed by atoms with Crippen LogP contribution in [0.2, 0.25) is 0 Å². The van der Waals surface area contributed by atoms with E-state index in [1.807, 2.05) is 0 Å². The summed E-state index contributed by atoms with van der Waals surface area (Å²) in [6, 6.07) is 0. The summed E-state index contributed by atoms with van der Waals surface area (Å²) in [5, 5.41) is 3.32. The summed E-state index contributed by atoms with van der Waals surface area (Å²) in [6.07, 6.45) is 16.3. The molecule has 0 aromatic rings. The second-order valence-corrected chi connectivity index (χ2v) is 12.1. The number of piperidine rings is 2. The van der Waals surface area contributed by atoms with Crippen LogP contribution in [0, 0.1) is 17.8 Å². The molecular formula is C33H68N2O4. The third kappa shape index (κ3) is 22.1. The van der Waals surface area contributed by atoms with Gasteiger partial charge in [-0.2, -0.15) is 0 Å². The lowest BCUT2D eigenvalue weighted by Gasteiger charge is -2.25. The maximum Gasteiger partial charge on any atom is 0.0807 e. The summed E-state index contributed by atoms with van der Waals surface area (Å²) in [4.78, 5) is 2.57. The first kappa shape index (κ1) is 36.8. The van der Waals surface area contributed by atoms with Gasteiger partial charge < -0.3 is 29.2 Å². The number of likely N-dealkylation sites (tertiary alicyclic amines) is 1. The van der Waals surface area contributed by atoms with Crippen LogP contribution in [-0.2, 0) is 18.9 Å². The number of nitrogens with one attached hydrogen (secondary N) is 1. The molecule has 39 heavy (non-hydrogen) atoms. The van der Waals surface area contributed by atoms with Crippen molar-refractivity contribution in [2.24, 2.45) is 17.8 Å². The standard InChI is InChI=1S/C8H17N.C7H14O.C6H13N.C6H12O2.C6H12O/c1-2-6-9-7-4-3-5-8-9;1-2-7-4-3-5-8-6-7;1-6-2-4-7-5-3-6;1-2-6-5-7-3-4-8-6;1-6-2-4-7-5-3-6/h2-8H2,1H3;7H,2-6H2,1H3;6-7H,2-5H2,1H3;6H,2-5H2,1H3;6H,2-5H2,1H3. The van der Waals surface area contributed by atoms with E-state index in [2.05, 4.69) is 44.8 Å². The van der Waals surface area contributed by atoms with E-state index in [1.54, 1.807) is 0 Å². The van der Waals surface area contributed by atoms with Crippen LogP contribution >= 0.6 is 0 Å². The summed E-state index contributed by atoms with van der Waals surface area (Å²) >= 11 is 0. The van der Waals surface area contributed by atoms with Gasteiger partial charge in [0.15, 0.2) is 0 Å². The zero-order chi connectivity index (χ0) is 28.4. The molecule has 5 heterocycles. The molecule has 5 fully saturated rings. The Labute approximate surface area is 243 Å². The molecule has 0 radical (unpaired) electrons. The molecule has 0 aromatic carbocycles. The highest BCUT2D eigenvalue weighted by molar-refractivity contribution is 4.64. The van der Waals surface area contributed by atoms with Crippen LogP contribution in [0.25, 0.3) is 0 Å². The molecule has 0 aliphatic carbocycles. The first-order valence-electron chi connectivity index (χ1n) is 16.9. The molecule has 6 heteroatoms. The Morgan fingerprint density at radius 2 is 1.31 bits per heavy atom. The van der Waals surface area contributed by atoms with Crippen molar-refractivity contribution in [3.63, 3.8) is 0 Å². The summed E-state index contributed by atoms with van der Waals surface area (Å²) in [5.74, 6) is 2.75. The molecule has 5 rings (SSSR count). The first-order chi connectivity index (χ1) is 19.1. The molecule has 0 amide bonds. The van der Waals surface area contributed by atoms with E-state index in [0.29, 0.717) is 6.10 Å². The fourth-order valence-electron chi connectivity index (χ4n) is 5.18. The van der Waals surface area contributed by atoms with Crippen molar-refractivity contribution in [1.29, 1.82) is 0 Å². The number of nitrogens with zero attached hydrogens (tertiary/aromatic N) is 1. The molecule has 0 bridgehead atoms. The van der Waals surface area contributed by atoms with E-state index in [1.165, 1.54) is 103 Å². The first-order valence-corrected chi connectivity index (χ1v) is 16.9. The van der Waals surface area contributed by atoms with Crippen LogP contribution in [0.5, 0.6) is 0 Å². The molecule has 0 spiro atoms. The maximum atomic E-state index is 5.30. The SMILES string of the molecule is CC1CCNCC1.CC1CCOCC1.CCC1CCCOC1.CCC1COCCO1.CCCN1CCCCC1. The minimum atomic E-state index is 0.365. The molecular weight excluding hydrogens is 488 g/mol. The Balaban J connectivity index is 0.000000244. The van der Waals surface area contributed by atoms with Gasteiger partial charge in [-0.05, 0) is 115 Å². The number of ether oxygens (including phenoxy) is 4. The van der Waals surface area contributed by atoms with Crippen molar-refractivity contribution in [2.75, 3.05) is 79.0 Å². The molecule has 6 nitrogen and oxygen atoms in total. The van der Waals surface area contributed by atoms with Crippen LogP contribution < -0.4 is 5.32 Å². The van der Waals surface area contributed by atoms with E-state index < -0.39 is 0 Å². The largest absolute Gasteiger partial charge is 0.381 e. The number of rotatable bonds is 4. The lowest BCUT2D eigenvalue weighted by Crippen LogP contribution is -2.30. The van der Waals surface area contributed by atoms with E-state index in [-0.39, 0.29) is 0 Å². The quantitative estimate of drug-likeness (QED) is 0.404. The Hall–Kier alpha value is -0.240. The second-order valence-electron chi connectivity index (χ2n) is 12.1. The van der Waals surface area contributed by atoms with Gasteiger partial charge in [0.25, 0.3) is 0 Å². The second kappa shape index (κ2) is 26.6. The number of hydrogen-bond donors (Lipinski definition) is 1. The van der Waals surface area contributed by atoms with Gasteiger partial charge in [0.05, 0.1) is 25.9 Å². The van der Waals surface area contributed by atoms with Crippen molar-refractivity contribution >= 4 is 0 Å². The molecule has 0 aromatic heterocycles. The van der Waals surface area contributed by atoms with Crippen LogP contribution in [0.15, 0.2) is 0 Å². The van der Waals surface area contributed by atoms with Crippen molar-refractivity contribution in [3.05, 3.63) is 0 Å². The van der Waals surface area contributed by atoms with Gasteiger partial charge in [0, 0.05) is 26.4 Å². The zero-order valence-corrected chi connectivity index (χ0v) is 26.9. The Bertz CT molecular complexity index is 443. The van der Waals surface area contributed by atoms with Gasteiger partial charge in [-0.3, -0.25) is 0 Å². The molecule has 234 valence electrons. The molecule has 2 unspecified atom stereocenters. The van der Waals surface area contributed by atoms with Gasteiger partial charge >= 0.3 is 0 Å². The molecule has 0 saturated carbocycles. The Morgan fingerprint density at radius 3 is 1.69 bits per heavy atom. The van der Waals surface area contributed by atoms with Crippen LogP contribution in [0.3, 0.4) is 0 Å². The summed E-state index contributed by atoms with van der Waals surface area (Å²) in [7, 11) is 0. The minimum absolute atomic E-state index is 0.365. The van der Waals surface area contributed by atoms with Gasteiger partial charge in [-0.1, -0.05) is 47.5 Å². The summed E-state index contributed by atoms with van der Waals surface area (Å²) in [6.45, 7) is 24.0. The Morgan fingerprint density at radius 1 is 0.641 bits per heavy atom. The van der Waals surface area contributed by atoms with Crippen molar-refractivity contribution in [2.45, 2.75) is 118 Å². The molecule has 1 N–H and O–H groups in total. The van der Waals surface area contributed by atoms with E-state index >= 15 is 0 Å². The zero-order valence-electron chi connectivity index (χ0n) is 26.9. The average molecular weight is 557 g/mol. The van der Waals surface area contributed by atoms with Crippen molar-refractivity contribution < 1.29 is 18.9 Å². The third-order valence-corrected chi connectivity index (χ3v) is 8.30. The fourth-order valence-corrected chi connectivity index (χ4v) is 5.18. The van der Waals surface area contributed by atoms with E-state index in [0.717, 1.165) is 70.4 Å². The van der Waals surface area contributed by atoms with Crippen molar-refractivity contribution in [1.82, 2.24) is 10.2 Å². The summed E-state index contributed by atoms with van der Waals surface area (Å²) < 4.78 is 20.9. The molecule has 5 aliphatic heterocycles. The van der Waals surface area contributed by atoms with E-state index in [4.69, 9.17) is 18.9 Å². The van der Waals surface area contributed by atoms with Crippen LogP contribution in [-0.4, -0.2) is 90.0 Å². The normalized spacial score (nSPS) is 26.7. The average Bonchev–Trinajstić information content (AvgIpc) is 3.01. The highest BCUT2D eigenvalue weighted by atomic mass is 16.6. The van der Waals surface area contributed by atoms with Gasteiger partial charge in [0.1, 0.15) is 0 Å². The smallest absolute Gasteiger partial charge is 0.0807 e. The fraction of sp³-hybridized carbons (Fsp3) is 1.00. The third-order valence-electron chi connectivity index (χ3n) is 8.30. The number of hydrogen-bond acceptors (Lipinski definition) is 6. The molecule has 2 atom stereocenters. The lowest BCUT2D eigenvalue weighted by atomic mass is 10.0. The van der Waals surface area contributed by atoms with E-state index in [9.17, 15) is 0 Å². The lowest BCUT2D eigenvalue weighted by molar-refractivity contribution is -0.0887. The molecule has 5 aliphatic rings. The van der Waals surface area contributed by atoms with Crippen LogP contribution in [0.4, 0.5) is 0 Å². The Kier molecular flexibility index (Phi) is 25.1. The van der Waals surface area contributed by atoms with Gasteiger partial charge in [-0.25, -0.2) is 0 Å². The molecule has 5 saturated heterocycles. The monoisotopic (exact) mass is 557 g/mol. The van der Waals surface area contributed by atoms with Crippen molar-refractivity contribution in [3.8, 4) is 0 Å².